The van der Waals surface area contributed by atoms with Gasteiger partial charge in [-0.05, 0) is 86.3 Å². The molecular weight excluding hydrogens is 961 g/mol. The minimum Gasteiger partial charge on any atom is -0.490 e. The minimum atomic E-state index is -4.67. The molecule has 0 amide bonds. The van der Waals surface area contributed by atoms with E-state index in [9.17, 15) is 52.7 Å². The van der Waals surface area contributed by atoms with Crippen LogP contribution < -0.4 is 18.9 Å². The lowest BCUT2D eigenvalue weighted by molar-refractivity contribution is -0.833. The molecule has 0 heterocycles. The average Bonchev–Trinajstić information content (AvgIpc) is 3.32. The lowest BCUT2D eigenvalue weighted by atomic mass is 10.0. The number of halogens is 12. The number of hydrogen-bond donors (Lipinski definition) is 1. The summed E-state index contributed by atoms with van der Waals surface area (Å²) in [4.78, 5) is 0.775. The van der Waals surface area contributed by atoms with E-state index in [1.165, 1.54) is 102 Å². The van der Waals surface area contributed by atoms with Crippen LogP contribution in [-0.4, -0.2) is 20.4 Å². The van der Waals surface area contributed by atoms with E-state index < -0.39 is 54.3 Å². The van der Waals surface area contributed by atoms with Crippen molar-refractivity contribution in [1.29, 1.82) is 0 Å². The second-order valence-corrected chi connectivity index (χ2v) is 18.2. The molecule has 402 valence electrons. The molecule has 1 N–H and O–H groups in total. The quantitative estimate of drug-likeness (QED) is 0.0229. The van der Waals surface area contributed by atoms with E-state index in [1.807, 2.05) is 0 Å². The predicted octanol–water partition coefficient (Wildman–Crippen LogP) is 18.3. The first-order valence-corrected chi connectivity index (χ1v) is 25.7. The van der Waals surface area contributed by atoms with Crippen LogP contribution in [0.4, 0.5) is 58.4 Å². The first-order chi connectivity index (χ1) is 34.2. The van der Waals surface area contributed by atoms with E-state index in [-0.39, 0.29) is 22.9 Å². The number of rotatable bonds is 32. The van der Waals surface area contributed by atoms with Gasteiger partial charge in [0.05, 0.1) is 29.8 Å². The third-order valence-corrected chi connectivity index (χ3v) is 12.2. The number of quaternary nitrogens is 1. The van der Waals surface area contributed by atoms with Gasteiger partial charge in [0.2, 0.25) is 0 Å². The molecular formula is C55H72BF12NO3. The van der Waals surface area contributed by atoms with Gasteiger partial charge in [0, 0.05) is 6.07 Å². The van der Waals surface area contributed by atoms with Crippen LogP contribution in [0.15, 0.2) is 91.0 Å². The maximum absolute atomic E-state index is 14.3. The van der Waals surface area contributed by atoms with Crippen molar-refractivity contribution in [3.63, 3.8) is 0 Å². The van der Waals surface area contributed by atoms with Gasteiger partial charge >= 0.3 is 32.0 Å². The predicted molar refractivity (Wildman–Crippen MR) is 260 cm³/mol. The third kappa shape index (κ3) is 25.4. The molecule has 0 aromatic heterocycles. The molecule has 72 heavy (non-hydrogen) atoms. The summed E-state index contributed by atoms with van der Waals surface area (Å²) in [6, 6.07) is 17.3. The summed E-state index contributed by atoms with van der Waals surface area (Å²) < 4.78 is 176. The van der Waals surface area contributed by atoms with Gasteiger partial charge in [0.15, 0.2) is 11.4 Å². The van der Waals surface area contributed by atoms with Crippen molar-refractivity contribution in [2.75, 3.05) is 13.1 Å². The number of alkyl halides is 12. The smallest absolute Gasteiger partial charge is 0.490 e. The first kappa shape index (κ1) is 61.8. The fraction of sp³-hybridized carbons (Fsp3) is 0.564. The van der Waals surface area contributed by atoms with E-state index in [4.69, 9.17) is 14.0 Å². The van der Waals surface area contributed by atoms with Gasteiger partial charge in [-0.15, -0.1) is 0 Å². The van der Waals surface area contributed by atoms with Crippen molar-refractivity contribution in [2.24, 2.45) is 0 Å². The van der Waals surface area contributed by atoms with Crippen LogP contribution >= 0.6 is 0 Å². The van der Waals surface area contributed by atoms with Crippen LogP contribution in [0, 0.1) is 6.07 Å². The fourth-order valence-corrected chi connectivity index (χ4v) is 8.08. The largest absolute Gasteiger partial charge is 0.864 e. The Morgan fingerprint density at radius 1 is 0.375 bits per heavy atom. The molecule has 4 rings (SSSR count). The molecule has 0 spiro atoms. The molecule has 4 aromatic rings. The highest BCUT2D eigenvalue weighted by molar-refractivity contribution is 6.39. The van der Waals surface area contributed by atoms with E-state index in [2.05, 4.69) is 19.9 Å². The molecule has 0 fully saturated rings. The van der Waals surface area contributed by atoms with Gasteiger partial charge in [-0.3, -0.25) is 4.90 Å². The van der Waals surface area contributed by atoms with Crippen LogP contribution in [0.1, 0.15) is 184 Å². The molecule has 0 aliphatic rings. The minimum absolute atomic E-state index is 0.0150. The summed E-state index contributed by atoms with van der Waals surface area (Å²) in [7, 11) is -1.81. The van der Waals surface area contributed by atoms with Crippen LogP contribution in [0.5, 0.6) is 17.2 Å². The first-order valence-electron chi connectivity index (χ1n) is 25.7. The van der Waals surface area contributed by atoms with Crippen molar-refractivity contribution in [1.82, 2.24) is 0 Å². The van der Waals surface area contributed by atoms with Gasteiger partial charge in [-0.2, -0.15) is 83.0 Å². The van der Waals surface area contributed by atoms with Gasteiger partial charge in [-0.25, -0.2) is 0 Å². The summed E-state index contributed by atoms with van der Waals surface area (Å²) in [5, 5.41) is 0. The Hall–Kier alpha value is -4.54. The van der Waals surface area contributed by atoms with Crippen LogP contribution in [-0.2, 0) is 24.7 Å². The topological polar surface area (TPSA) is 32.1 Å². The Balaban J connectivity index is 0.00000121. The lowest BCUT2D eigenvalue weighted by Crippen LogP contribution is -3.07. The van der Waals surface area contributed by atoms with E-state index in [1.54, 1.807) is 0 Å². The van der Waals surface area contributed by atoms with Crippen molar-refractivity contribution in [2.45, 2.75) is 186 Å². The zero-order chi connectivity index (χ0) is 52.9. The average molecular weight is 1030 g/mol. The Kier molecular flexibility index (Phi) is 28.0. The van der Waals surface area contributed by atoms with Crippen LogP contribution in [0.2, 0.25) is 0 Å². The van der Waals surface area contributed by atoms with Gasteiger partial charge < -0.3 is 14.0 Å². The lowest BCUT2D eigenvalue weighted by Gasteiger charge is -2.24. The molecule has 0 saturated heterocycles. The van der Waals surface area contributed by atoms with Crippen molar-refractivity contribution in [3.05, 3.63) is 119 Å². The van der Waals surface area contributed by atoms with Gasteiger partial charge in [0.1, 0.15) is 11.5 Å². The summed E-state index contributed by atoms with van der Waals surface area (Å²) in [5.74, 6) is -0.283. The second-order valence-electron chi connectivity index (χ2n) is 18.2. The fourth-order valence-electron chi connectivity index (χ4n) is 8.08. The van der Waals surface area contributed by atoms with Gasteiger partial charge in [0.25, 0.3) is 0 Å². The maximum atomic E-state index is 14.3. The summed E-state index contributed by atoms with van der Waals surface area (Å²) in [5.41, 5.74) is -3.20. The molecule has 0 bridgehead atoms. The van der Waals surface area contributed by atoms with E-state index in [0.29, 0.717) is 13.1 Å². The molecule has 1 unspecified atom stereocenters. The molecule has 17 heteroatoms. The highest BCUT2D eigenvalue weighted by Gasteiger charge is 2.38. The highest BCUT2D eigenvalue weighted by Crippen LogP contribution is 2.36. The molecule has 0 aliphatic carbocycles. The zero-order valence-electron chi connectivity index (χ0n) is 41.7. The number of benzene rings is 4. The van der Waals surface area contributed by atoms with Crippen molar-refractivity contribution in [3.8, 4) is 17.2 Å². The number of nitrogens with one attached hydrogen (secondary N) is 1. The molecule has 4 nitrogen and oxygen atoms in total. The third-order valence-electron chi connectivity index (χ3n) is 12.2. The van der Waals surface area contributed by atoms with Gasteiger partial charge in [-0.1, -0.05) is 141 Å². The summed E-state index contributed by atoms with van der Waals surface area (Å²) in [6.07, 6.45) is 7.79. The van der Waals surface area contributed by atoms with E-state index >= 15 is 0 Å². The maximum Gasteiger partial charge on any atom is 0.864 e. The van der Waals surface area contributed by atoms with E-state index in [0.717, 1.165) is 142 Å². The second kappa shape index (κ2) is 32.6. The summed E-state index contributed by atoms with van der Waals surface area (Å²) in [6.45, 7) is 5.45. The van der Waals surface area contributed by atoms with Crippen molar-refractivity contribution >= 4 is 13.0 Å². The van der Waals surface area contributed by atoms with Crippen LogP contribution in [0.25, 0.3) is 0 Å². The van der Waals surface area contributed by atoms with Crippen molar-refractivity contribution < 1.29 is 71.5 Å². The summed E-state index contributed by atoms with van der Waals surface area (Å²) >= 11 is 0. The Labute approximate surface area is 419 Å². The SMILES string of the molecule is CCCCCCCCCCCCCC[NH+](CCCCCCCCCCCCC)c1cc(C(F)(F)F)ccc1OB(Oc1ccc(C(F)(F)F)cc1)Oc1ccc(C(F)(F)F)cc1.FC(F)(F)c1cc[c-]cc1. The number of unbranched alkanes of at least 4 members (excludes halogenated alkanes) is 21. The standard InChI is InChI=1S/C48H67BF9NO3.C7H4F3/c1-3-5-7-9-11-13-15-17-19-21-23-25-37-59(36-24-22-20-18-16-14-12-10-8-6-4-2)44-38-41(48(56,57)58)30-35-45(44)62-49(60-42-31-26-39(27-32-42)46(50,51)52)61-43-33-28-40(29-34-43)47(53,54)55;8-7(9,10)6-4-2-1-3-5-6/h26-35,38H,3-25,36-37H2,1-2H3;2-5H/q;-1/p+1. The zero-order valence-corrected chi connectivity index (χ0v) is 41.7. The molecule has 1 atom stereocenters. The molecule has 0 saturated carbocycles. The Morgan fingerprint density at radius 2 is 0.681 bits per heavy atom. The van der Waals surface area contributed by atoms with Crippen LogP contribution in [0.3, 0.4) is 0 Å². The number of hydrogen-bond acceptors (Lipinski definition) is 3. The highest BCUT2D eigenvalue weighted by atomic mass is 19.4. The molecule has 4 aromatic carbocycles. The normalized spacial score (nSPS) is 12.5. The monoisotopic (exact) mass is 1030 g/mol. The molecule has 0 aliphatic heterocycles. The Morgan fingerprint density at radius 3 is 1.00 bits per heavy atom. The Bertz CT molecular complexity index is 1950. The molecule has 0 radical (unpaired) electrons.